The number of ether oxygens (including phenoxy) is 1. The molecule has 2 nitrogen and oxygen atoms in total. The van der Waals surface area contributed by atoms with Gasteiger partial charge in [0.15, 0.2) is 0 Å². The molecule has 2 heteroatoms. The molecule has 1 saturated heterocycles. The summed E-state index contributed by atoms with van der Waals surface area (Å²) in [6.07, 6.45) is 6.32. The Morgan fingerprint density at radius 2 is 1.91 bits per heavy atom. The van der Waals surface area contributed by atoms with E-state index in [1.165, 1.54) is 32.1 Å². The van der Waals surface area contributed by atoms with E-state index in [0.29, 0.717) is 11.5 Å². The molecule has 11 heavy (non-hydrogen) atoms. The standard InChI is InChI=1S/C9H17NO/c10-8-2-1-3-9(8)4-6-11-7-5-9/h8H,1-7,10H2/t8-/m1/s1. The zero-order valence-electron chi connectivity index (χ0n) is 7.01. The predicted octanol–water partition coefficient (Wildman–Crippen LogP) is 1.29. The van der Waals surface area contributed by atoms with Crippen LogP contribution >= 0.6 is 0 Å². The quantitative estimate of drug-likeness (QED) is 0.572. The lowest BCUT2D eigenvalue weighted by atomic mass is 9.76. The van der Waals surface area contributed by atoms with Gasteiger partial charge in [-0.3, -0.25) is 0 Å². The Morgan fingerprint density at radius 3 is 2.45 bits per heavy atom. The van der Waals surface area contributed by atoms with Gasteiger partial charge in [-0.2, -0.15) is 0 Å². The van der Waals surface area contributed by atoms with E-state index in [1.807, 2.05) is 0 Å². The van der Waals surface area contributed by atoms with Crippen molar-refractivity contribution in [2.45, 2.75) is 38.1 Å². The van der Waals surface area contributed by atoms with E-state index in [1.54, 1.807) is 0 Å². The molecule has 1 aliphatic heterocycles. The van der Waals surface area contributed by atoms with E-state index in [-0.39, 0.29) is 0 Å². The maximum Gasteiger partial charge on any atom is 0.0471 e. The molecule has 2 fully saturated rings. The van der Waals surface area contributed by atoms with Crippen molar-refractivity contribution < 1.29 is 4.74 Å². The van der Waals surface area contributed by atoms with Gasteiger partial charge in [-0.1, -0.05) is 6.42 Å². The molecule has 0 aromatic carbocycles. The highest BCUT2D eigenvalue weighted by molar-refractivity contribution is 4.95. The van der Waals surface area contributed by atoms with Gasteiger partial charge in [0.2, 0.25) is 0 Å². The minimum atomic E-state index is 0.464. The predicted molar refractivity (Wildman–Crippen MR) is 44.3 cm³/mol. The summed E-state index contributed by atoms with van der Waals surface area (Å²) in [6, 6.07) is 0.464. The summed E-state index contributed by atoms with van der Waals surface area (Å²) >= 11 is 0. The molecule has 64 valence electrons. The molecule has 2 rings (SSSR count). The van der Waals surface area contributed by atoms with Crippen molar-refractivity contribution in [3.05, 3.63) is 0 Å². The lowest BCUT2D eigenvalue weighted by Gasteiger charge is -2.37. The van der Waals surface area contributed by atoms with Crippen molar-refractivity contribution in [2.75, 3.05) is 13.2 Å². The van der Waals surface area contributed by atoms with Crippen LogP contribution in [0.5, 0.6) is 0 Å². The summed E-state index contributed by atoms with van der Waals surface area (Å²) in [5, 5.41) is 0. The third-order valence-corrected chi connectivity index (χ3v) is 3.46. The maximum absolute atomic E-state index is 6.09. The van der Waals surface area contributed by atoms with Crippen LogP contribution in [0.1, 0.15) is 32.1 Å². The van der Waals surface area contributed by atoms with Crippen molar-refractivity contribution in [3.8, 4) is 0 Å². The van der Waals surface area contributed by atoms with Gasteiger partial charge in [0.1, 0.15) is 0 Å². The average Bonchev–Trinajstić information content (AvgIpc) is 2.36. The van der Waals surface area contributed by atoms with Crippen LogP contribution in [0.2, 0.25) is 0 Å². The molecule has 0 amide bonds. The fourth-order valence-electron chi connectivity index (χ4n) is 2.56. The average molecular weight is 155 g/mol. The molecule has 1 spiro atoms. The Morgan fingerprint density at radius 1 is 1.18 bits per heavy atom. The van der Waals surface area contributed by atoms with Gasteiger partial charge >= 0.3 is 0 Å². The number of nitrogens with two attached hydrogens (primary N) is 1. The van der Waals surface area contributed by atoms with E-state index in [9.17, 15) is 0 Å². The third kappa shape index (κ3) is 1.18. The van der Waals surface area contributed by atoms with E-state index >= 15 is 0 Å². The molecule has 1 aliphatic carbocycles. The van der Waals surface area contributed by atoms with E-state index in [2.05, 4.69) is 0 Å². The lowest BCUT2D eigenvalue weighted by molar-refractivity contribution is 0.0105. The zero-order chi connectivity index (χ0) is 7.73. The topological polar surface area (TPSA) is 35.2 Å². The van der Waals surface area contributed by atoms with Gasteiger partial charge in [0, 0.05) is 19.3 Å². The van der Waals surface area contributed by atoms with Crippen molar-refractivity contribution >= 4 is 0 Å². The third-order valence-electron chi connectivity index (χ3n) is 3.46. The molecule has 0 bridgehead atoms. The summed E-state index contributed by atoms with van der Waals surface area (Å²) < 4.78 is 5.35. The number of hydrogen-bond donors (Lipinski definition) is 1. The summed E-state index contributed by atoms with van der Waals surface area (Å²) in [5.74, 6) is 0. The monoisotopic (exact) mass is 155 g/mol. The normalized spacial score (nSPS) is 36.3. The zero-order valence-corrected chi connectivity index (χ0v) is 7.01. The van der Waals surface area contributed by atoms with Crippen LogP contribution in [0, 0.1) is 5.41 Å². The molecule has 0 aromatic heterocycles. The van der Waals surface area contributed by atoms with Gasteiger partial charge in [-0.25, -0.2) is 0 Å². The highest BCUT2D eigenvalue weighted by Crippen LogP contribution is 2.44. The van der Waals surface area contributed by atoms with Crippen LogP contribution in [0.15, 0.2) is 0 Å². The second-order valence-electron chi connectivity index (χ2n) is 3.97. The van der Waals surface area contributed by atoms with Crippen molar-refractivity contribution in [2.24, 2.45) is 11.1 Å². The first-order valence-electron chi connectivity index (χ1n) is 4.67. The van der Waals surface area contributed by atoms with Gasteiger partial charge in [-0.15, -0.1) is 0 Å². The fourth-order valence-corrected chi connectivity index (χ4v) is 2.56. The summed E-state index contributed by atoms with van der Waals surface area (Å²) in [6.45, 7) is 1.88. The molecule has 1 heterocycles. The molecule has 0 unspecified atom stereocenters. The van der Waals surface area contributed by atoms with Crippen LogP contribution in [-0.4, -0.2) is 19.3 Å². The Kier molecular flexibility index (Phi) is 1.90. The maximum atomic E-state index is 6.09. The molecular weight excluding hydrogens is 138 g/mol. The molecule has 1 atom stereocenters. The Labute approximate surface area is 68.1 Å². The molecule has 2 N–H and O–H groups in total. The number of rotatable bonds is 0. The Balaban J connectivity index is 2.06. The summed E-state index contributed by atoms with van der Waals surface area (Å²) in [5.41, 5.74) is 6.57. The largest absolute Gasteiger partial charge is 0.381 e. The van der Waals surface area contributed by atoms with Crippen LogP contribution in [0.4, 0.5) is 0 Å². The van der Waals surface area contributed by atoms with Crippen molar-refractivity contribution in [1.29, 1.82) is 0 Å². The van der Waals surface area contributed by atoms with Gasteiger partial charge in [0.05, 0.1) is 0 Å². The van der Waals surface area contributed by atoms with E-state index < -0.39 is 0 Å². The van der Waals surface area contributed by atoms with Crippen LogP contribution in [0.25, 0.3) is 0 Å². The first-order chi connectivity index (χ1) is 5.33. The summed E-state index contributed by atoms with van der Waals surface area (Å²) in [7, 11) is 0. The van der Waals surface area contributed by atoms with Crippen molar-refractivity contribution in [1.82, 2.24) is 0 Å². The Bertz CT molecular complexity index is 140. The second kappa shape index (κ2) is 2.76. The first-order valence-corrected chi connectivity index (χ1v) is 4.67. The SMILES string of the molecule is N[C@@H]1CCCC12CCOCC2. The van der Waals surface area contributed by atoms with E-state index in [4.69, 9.17) is 10.5 Å². The van der Waals surface area contributed by atoms with E-state index in [0.717, 1.165) is 13.2 Å². The molecule has 1 saturated carbocycles. The molecule has 2 aliphatic rings. The highest BCUT2D eigenvalue weighted by Gasteiger charge is 2.41. The lowest BCUT2D eigenvalue weighted by Crippen LogP contribution is -2.41. The smallest absolute Gasteiger partial charge is 0.0471 e. The molecular formula is C9H17NO. The van der Waals surface area contributed by atoms with Crippen LogP contribution in [-0.2, 0) is 4.74 Å². The minimum Gasteiger partial charge on any atom is -0.381 e. The summed E-state index contributed by atoms with van der Waals surface area (Å²) in [4.78, 5) is 0. The number of hydrogen-bond acceptors (Lipinski definition) is 2. The Hall–Kier alpha value is -0.0800. The first kappa shape index (κ1) is 7.56. The molecule has 0 aromatic rings. The van der Waals surface area contributed by atoms with Crippen LogP contribution < -0.4 is 5.73 Å². The van der Waals surface area contributed by atoms with Crippen LogP contribution in [0.3, 0.4) is 0 Å². The van der Waals surface area contributed by atoms with Gasteiger partial charge in [-0.05, 0) is 31.1 Å². The fraction of sp³-hybridized carbons (Fsp3) is 1.00. The van der Waals surface area contributed by atoms with Gasteiger partial charge in [0.25, 0.3) is 0 Å². The van der Waals surface area contributed by atoms with Crippen molar-refractivity contribution in [3.63, 3.8) is 0 Å². The molecule has 0 radical (unpaired) electrons. The highest BCUT2D eigenvalue weighted by atomic mass is 16.5. The minimum absolute atomic E-state index is 0.464. The van der Waals surface area contributed by atoms with Gasteiger partial charge < -0.3 is 10.5 Å². The second-order valence-corrected chi connectivity index (χ2v) is 3.97.